The SMILES string of the molecule is COc1ccc(NC(=O)CSc2nccn(-c3cccc(C)c3)c2=O)cc1OC. The minimum absolute atomic E-state index is 0.0500. The molecule has 0 unspecified atom stereocenters. The highest BCUT2D eigenvalue weighted by molar-refractivity contribution is 7.99. The highest BCUT2D eigenvalue weighted by Gasteiger charge is 2.12. The van der Waals surface area contributed by atoms with Crippen LogP contribution in [0.25, 0.3) is 5.69 Å². The van der Waals surface area contributed by atoms with Crippen molar-refractivity contribution in [2.75, 3.05) is 25.3 Å². The minimum Gasteiger partial charge on any atom is -0.493 e. The molecule has 0 saturated carbocycles. The molecule has 0 bridgehead atoms. The average Bonchev–Trinajstić information content (AvgIpc) is 2.73. The molecule has 1 N–H and O–H groups in total. The van der Waals surface area contributed by atoms with Gasteiger partial charge in [0.05, 0.1) is 20.0 Å². The molecule has 0 fully saturated rings. The lowest BCUT2D eigenvalue weighted by Gasteiger charge is -2.11. The van der Waals surface area contributed by atoms with Crippen LogP contribution in [0.5, 0.6) is 11.5 Å². The number of carbonyl (C=O) groups is 1. The van der Waals surface area contributed by atoms with E-state index in [0.717, 1.165) is 23.0 Å². The van der Waals surface area contributed by atoms with E-state index in [2.05, 4.69) is 10.3 Å². The maximum absolute atomic E-state index is 12.7. The van der Waals surface area contributed by atoms with Crippen LogP contribution in [-0.2, 0) is 4.79 Å². The van der Waals surface area contributed by atoms with Gasteiger partial charge >= 0.3 is 0 Å². The van der Waals surface area contributed by atoms with Crippen LogP contribution >= 0.6 is 11.8 Å². The van der Waals surface area contributed by atoms with Crippen LogP contribution in [0.15, 0.2) is 64.7 Å². The number of methoxy groups -OCH3 is 2. The van der Waals surface area contributed by atoms with Crippen molar-refractivity contribution >= 4 is 23.4 Å². The van der Waals surface area contributed by atoms with Gasteiger partial charge in [0, 0.05) is 29.8 Å². The van der Waals surface area contributed by atoms with Crippen molar-refractivity contribution in [2.45, 2.75) is 11.9 Å². The lowest BCUT2D eigenvalue weighted by atomic mass is 10.2. The summed E-state index contributed by atoms with van der Waals surface area (Å²) in [5, 5.41) is 3.04. The summed E-state index contributed by atoms with van der Waals surface area (Å²) in [6.07, 6.45) is 3.17. The third-order valence-corrected chi connectivity index (χ3v) is 5.06. The first-order valence-corrected chi connectivity index (χ1v) is 9.79. The zero-order valence-corrected chi connectivity index (χ0v) is 17.2. The van der Waals surface area contributed by atoms with Crippen LogP contribution in [0, 0.1) is 6.92 Å². The number of anilines is 1. The normalized spacial score (nSPS) is 10.4. The molecule has 0 aliphatic rings. The van der Waals surface area contributed by atoms with Crippen molar-refractivity contribution in [3.63, 3.8) is 0 Å². The molecule has 150 valence electrons. The van der Waals surface area contributed by atoms with Gasteiger partial charge in [-0.25, -0.2) is 4.98 Å². The van der Waals surface area contributed by atoms with Crippen LogP contribution in [0.1, 0.15) is 5.56 Å². The summed E-state index contributed by atoms with van der Waals surface area (Å²) >= 11 is 1.09. The van der Waals surface area contributed by atoms with Crippen molar-refractivity contribution in [3.8, 4) is 17.2 Å². The molecular formula is C21H21N3O4S. The van der Waals surface area contributed by atoms with E-state index < -0.39 is 0 Å². The Morgan fingerprint density at radius 2 is 1.93 bits per heavy atom. The van der Waals surface area contributed by atoms with Crippen molar-refractivity contribution in [2.24, 2.45) is 0 Å². The van der Waals surface area contributed by atoms with E-state index in [1.807, 2.05) is 31.2 Å². The molecule has 0 atom stereocenters. The van der Waals surface area contributed by atoms with Gasteiger partial charge in [-0.3, -0.25) is 14.2 Å². The zero-order valence-electron chi connectivity index (χ0n) is 16.3. The number of nitrogens with one attached hydrogen (secondary N) is 1. The van der Waals surface area contributed by atoms with Crippen LogP contribution in [0.3, 0.4) is 0 Å². The topological polar surface area (TPSA) is 82.5 Å². The van der Waals surface area contributed by atoms with Gasteiger partial charge in [0.25, 0.3) is 5.56 Å². The van der Waals surface area contributed by atoms with Gasteiger partial charge in [0.15, 0.2) is 16.5 Å². The fourth-order valence-electron chi connectivity index (χ4n) is 2.72. The van der Waals surface area contributed by atoms with E-state index in [9.17, 15) is 9.59 Å². The molecule has 0 aliphatic carbocycles. The first-order valence-electron chi connectivity index (χ1n) is 8.81. The standard InChI is InChI=1S/C21H21N3O4S/c1-14-5-4-6-16(11-14)24-10-9-22-20(21(24)26)29-13-19(25)23-15-7-8-17(27-2)18(12-15)28-3/h4-12H,13H2,1-3H3,(H,23,25). The van der Waals surface area contributed by atoms with Crippen LogP contribution < -0.4 is 20.3 Å². The highest BCUT2D eigenvalue weighted by atomic mass is 32.2. The molecule has 1 amide bonds. The Morgan fingerprint density at radius 1 is 1.14 bits per heavy atom. The van der Waals surface area contributed by atoms with E-state index in [1.54, 1.807) is 37.7 Å². The van der Waals surface area contributed by atoms with E-state index in [1.165, 1.54) is 11.7 Å². The summed E-state index contributed by atoms with van der Waals surface area (Å²) in [7, 11) is 3.07. The van der Waals surface area contributed by atoms with Crippen LogP contribution in [0.4, 0.5) is 5.69 Å². The monoisotopic (exact) mass is 411 g/mol. The van der Waals surface area contributed by atoms with Gasteiger partial charge < -0.3 is 14.8 Å². The Balaban J connectivity index is 1.69. The van der Waals surface area contributed by atoms with E-state index in [0.29, 0.717) is 17.2 Å². The molecule has 1 heterocycles. The second kappa shape index (κ2) is 9.29. The highest BCUT2D eigenvalue weighted by Crippen LogP contribution is 2.29. The fourth-order valence-corrected chi connectivity index (χ4v) is 3.42. The Bertz CT molecular complexity index is 1080. The number of benzene rings is 2. The number of aryl methyl sites for hydroxylation is 1. The molecular weight excluding hydrogens is 390 g/mol. The van der Waals surface area contributed by atoms with Crippen LogP contribution in [-0.4, -0.2) is 35.4 Å². The molecule has 3 rings (SSSR count). The predicted octanol–water partition coefficient (Wildman–Crippen LogP) is 3.29. The summed E-state index contributed by atoms with van der Waals surface area (Å²) in [5.74, 6) is 0.886. The predicted molar refractivity (Wildman–Crippen MR) is 113 cm³/mol. The van der Waals surface area contributed by atoms with Crippen molar-refractivity contribution in [1.29, 1.82) is 0 Å². The summed E-state index contributed by atoms with van der Waals surface area (Å²) in [4.78, 5) is 29.2. The summed E-state index contributed by atoms with van der Waals surface area (Å²) < 4.78 is 11.9. The summed E-state index contributed by atoms with van der Waals surface area (Å²) in [6, 6.07) is 12.7. The van der Waals surface area contributed by atoms with Gasteiger partial charge in [-0.05, 0) is 36.8 Å². The van der Waals surface area contributed by atoms with Crippen molar-refractivity contribution in [1.82, 2.24) is 9.55 Å². The molecule has 0 saturated heterocycles. The first-order chi connectivity index (χ1) is 14.0. The fraction of sp³-hybridized carbons (Fsp3) is 0.190. The lowest BCUT2D eigenvalue weighted by Crippen LogP contribution is -2.22. The molecule has 0 spiro atoms. The Hall–Kier alpha value is -3.26. The number of amides is 1. The third kappa shape index (κ3) is 4.97. The maximum Gasteiger partial charge on any atom is 0.287 e. The summed E-state index contributed by atoms with van der Waals surface area (Å²) in [5.41, 5.74) is 2.12. The van der Waals surface area contributed by atoms with Gasteiger partial charge in [-0.1, -0.05) is 23.9 Å². The van der Waals surface area contributed by atoms with Gasteiger partial charge in [-0.2, -0.15) is 0 Å². The molecule has 7 nitrogen and oxygen atoms in total. The number of aromatic nitrogens is 2. The maximum atomic E-state index is 12.7. The number of rotatable bonds is 7. The van der Waals surface area contributed by atoms with Crippen LogP contribution in [0.2, 0.25) is 0 Å². The molecule has 0 aliphatic heterocycles. The Morgan fingerprint density at radius 3 is 2.66 bits per heavy atom. The number of thioether (sulfide) groups is 1. The van der Waals surface area contributed by atoms with E-state index in [4.69, 9.17) is 9.47 Å². The zero-order chi connectivity index (χ0) is 20.8. The first kappa shape index (κ1) is 20.5. The number of carbonyl (C=O) groups excluding carboxylic acids is 1. The van der Waals surface area contributed by atoms with Gasteiger partial charge in [0.1, 0.15) is 0 Å². The van der Waals surface area contributed by atoms with Crippen molar-refractivity contribution in [3.05, 3.63) is 70.8 Å². The van der Waals surface area contributed by atoms with Gasteiger partial charge in [0.2, 0.25) is 5.91 Å². The summed E-state index contributed by atoms with van der Waals surface area (Å²) in [6.45, 7) is 1.96. The number of hydrogen-bond donors (Lipinski definition) is 1. The second-order valence-corrected chi connectivity index (χ2v) is 7.12. The molecule has 3 aromatic rings. The third-order valence-electron chi connectivity index (χ3n) is 4.10. The quantitative estimate of drug-likeness (QED) is 0.601. The smallest absolute Gasteiger partial charge is 0.287 e. The molecule has 8 heteroatoms. The lowest BCUT2D eigenvalue weighted by molar-refractivity contribution is -0.113. The number of hydrogen-bond acceptors (Lipinski definition) is 6. The Labute approximate surface area is 172 Å². The number of ether oxygens (including phenoxy) is 2. The number of nitrogens with zero attached hydrogens (tertiary/aromatic N) is 2. The second-order valence-electron chi connectivity index (χ2n) is 6.15. The minimum atomic E-state index is -0.262. The van der Waals surface area contributed by atoms with Gasteiger partial charge in [-0.15, -0.1) is 0 Å². The Kier molecular flexibility index (Phi) is 6.56. The molecule has 1 aromatic heterocycles. The molecule has 29 heavy (non-hydrogen) atoms. The average molecular weight is 411 g/mol. The molecule has 2 aromatic carbocycles. The molecule has 0 radical (unpaired) electrons. The van der Waals surface area contributed by atoms with E-state index in [-0.39, 0.29) is 22.2 Å². The van der Waals surface area contributed by atoms with Crippen molar-refractivity contribution < 1.29 is 14.3 Å². The van der Waals surface area contributed by atoms with E-state index >= 15 is 0 Å². The largest absolute Gasteiger partial charge is 0.493 e.